The summed E-state index contributed by atoms with van der Waals surface area (Å²) in [6.07, 6.45) is 2.66. The molecule has 31 heavy (non-hydrogen) atoms. The molecular weight excluding hydrogens is 416 g/mol. The summed E-state index contributed by atoms with van der Waals surface area (Å²) in [5.41, 5.74) is 1.45. The lowest BCUT2D eigenvalue weighted by atomic mass is 10.1. The van der Waals surface area contributed by atoms with Crippen LogP contribution in [0.4, 0.5) is 27.2 Å². The normalized spacial score (nSPS) is 13.8. The van der Waals surface area contributed by atoms with Gasteiger partial charge in [-0.3, -0.25) is 9.69 Å². The summed E-state index contributed by atoms with van der Waals surface area (Å²) >= 11 is 1.29. The number of thiazole rings is 1. The smallest absolute Gasteiger partial charge is 0.412 e. The van der Waals surface area contributed by atoms with Gasteiger partial charge >= 0.3 is 6.09 Å². The molecule has 1 aromatic carbocycles. The minimum absolute atomic E-state index is 0.189. The number of fused-ring (bicyclic) bond motifs is 1. The van der Waals surface area contributed by atoms with Gasteiger partial charge in [0.05, 0.1) is 6.20 Å². The Hall–Kier alpha value is -3.27. The first-order valence-electron chi connectivity index (χ1n) is 9.97. The lowest BCUT2D eigenvalue weighted by Crippen LogP contribution is -2.45. The van der Waals surface area contributed by atoms with Gasteiger partial charge in [-0.2, -0.15) is 4.98 Å². The van der Waals surface area contributed by atoms with Crippen LogP contribution in [0.25, 0.3) is 10.3 Å². The first-order valence-corrected chi connectivity index (χ1v) is 10.8. The zero-order valence-corrected chi connectivity index (χ0v) is 18.6. The van der Waals surface area contributed by atoms with E-state index in [9.17, 15) is 14.7 Å². The molecule has 1 aliphatic rings. The predicted octanol–water partition coefficient (Wildman–Crippen LogP) is 4.63. The van der Waals surface area contributed by atoms with E-state index in [2.05, 4.69) is 20.3 Å². The molecule has 3 aromatic rings. The molecule has 2 N–H and O–H groups in total. The van der Waals surface area contributed by atoms with E-state index in [-0.39, 0.29) is 11.9 Å². The topological polar surface area (TPSA) is 112 Å². The average molecular weight is 441 g/mol. The first kappa shape index (κ1) is 21.0. The Balaban J connectivity index is 1.73. The summed E-state index contributed by atoms with van der Waals surface area (Å²) in [6, 6.07) is 7.69. The van der Waals surface area contributed by atoms with Crippen LogP contribution >= 0.6 is 11.3 Å². The van der Waals surface area contributed by atoms with E-state index in [1.807, 2.05) is 43.9 Å². The summed E-state index contributed by atoms with van der Waals surface area (Å²) in [5, 5.41) is 12.9. The van der Waals surface area contributed by atoms with Gasteiger partial charge in [0, 0.05) is 29.9 Å². The zero-order chi connectivity index (χ0) is 22.3. The van der Waals surface area contributed by atoms with E-state index >= 15 is 0 Å². The fourth-order valence-electron chi connectivity index (χ4n) is 3.44. The quantitative estimate of drug-likeness (QED) is 0.595. The average Bonchev–Trinajstić information content (AvgIpc) is 3.39. The predicted molar refractivity (Wildman–Crippen MR) is 121 cm³/mol. The maximum atomic E-state index is 11.9. The highest BCUT2D eigenvalue weighted by atomic mass is 32.1. The molecule has 2 aromatic heterocycles. The van der Waals surface area contributed by atoms with E-state index in [1.165, 1.54) is 23.2 Å². The Morgan fingerprint density at radius 3 is 2.52 bits per heavy atom. The van der Waals surface area contributed by atoms with Crippen molar-refractivity contribution in [1.29, 1.82) is 0 Å². The number of nitrogens with one attached hydrogen (secondary N) is 1. The molecule has 2 heterocycles. The first-order chi connectivity index (χ1) is 14.6. The van der Waals surface area contributed by atoms with Gasteiger partial charge in [0.1, 0.15) is 5.52 Å². The summed E-state index contributed by atoms with van der Waals surface area (Å²) in [4.78, 5) is 40.9. The SMILES string of the molecule is CC(=O)Nc1nc2cnc(N(c3cccc(N(C(=O)O)C(C)(C)C)c3)C3CC3)nc2s1. The minimum Gasteiger partial charge on any atom is -0.465 e. The number of hydrogen-bond acceptors (Lipinski definition) is 7. The highest BCUT2D eigenvalue weighted by Gasteiger charge is 2.34. The number of carboxylic acid groups (broad SMARTS) is 1. The molecule has 10 heteroatoms. The largest absolute Gasteiger partial charge is 0.465 e. The standard InChI is InChI=1S/C21H24N6O3S/c1-12(28)23-19-24-16-11-22-18(25-17(16)31-19)26(13-8-9-13)14-6-5-7-15(10-14)27(20(29)30)21(2,3)4/h5-7,10-11,13H,8-9H2,1-4H3,(H,29,30)(H,23,24,28). The number of anilines is 4. The van der Waals surface area contributed by atoms with E-state index < -0.39 is 11.6 Å². The van der Waals surface area contributed by atoms with Crippen LogP contribution in [0.15, 0.2) is 30.5 Å². The Labute approximate surface area is 183 Å². The van der Waals surface area contributed by atoms with E-state index in [4.69, 9.17) is 0 Å². The van der Waals surface area contributed by atoms with Gasteiger partial charge in [-0.15, -0.1) is 0 Å². The monoisotopic (exact) mass is 440 g/mol. The molecule has 1 aliphatic carbocycles. The molecule has 0 unspecified atom stereocenters. The molecule has 162 valence electrons. The second-order valence-electron chi connectivity index (χ2n) is 8.47. The van der Waals surface area contributed by atoms with E-state index in [0.29, 0.717) is 27.1 Å². The fourth-order valence-corrected chi connectivity index (χ4v) is 4.29. The Kier molecular flexibility index (Phi) is 5.26. The second-order valence-corrected chi connectivity index (χ2v) is 9.45. The molecule has 0 aliphatic heterocycles. The van der Waals surface area contributed by atoms with Crippen LogP contribution in [-0.4, -0.2) is 43.6 Å². The lowest BCUT2D eigenvalue weighted by molar-refractivity contribution is -0.114. The molecule has 1 fully saturated rings. The van der Waals surface area contributed by atoms with Crippen LogP contribution in [-0.2, 0) is 4.79 Å². The third kappa shape index (κ3) is 4.43. The van der Waals surface area contributed by atoms with Crippen molar-refractivity contribution in [2.45, 2.75) is 52.1 Å². The lowest BCUT2D eigenvalue weighted by Gasteiger charge is -2.34. The number of nitrogens with zero attached hydrogens (tertiary/aromatic N) is 5. The van der Waals surface area contributed by atoms with Crippen LogP contribution in [0.5, 0.6) is 0 Å². The van der Waals surface area contributed by atoms with Gasteiger partial charge in [0.2, 0.25) is 11.9 Å². The van der Waals surface area contributed by atoms with Crippen LogP contribution in [0.2, 0.25) is 0 Å². The van der Waals surface area contributed by atoms with E-state index in [0.717, 1.165) is 18.5 Å². The molecule has 0 saturated heterocycles. The maximum Gasteiger partial charge on any atom is 0.412 e. The molecule has 0 atom stereocenters. The van der Waals surface area contributed by atoms with Crippen molar-refractivity contribution in [3.8, 4) is 0 Å². The summed E-state index contributed by atoms with van der Waals surface area (Å²) in [7, 11) is 0. The number of aromatic nitrogens is 3. The summed E-state index contributed by atoms with van der Waals surface area (Å²) in [6.45, 7) is 7.02. The minimum atomic E-state index is -1.00. The summed E-state index contributed by atoms with van der Waals surface area (Å²) < 4.78 is 0. The van der Waals surface area contributed by atoms with Crippen molar-refractivity contribution in [2.75, 3.05) is 15.1 Å². The number of amides is 2. The zero-order valence-electron chi connectivity index (χ0n) is 17.8. The molecular formula is C21H24N6O3S. The van der Waals surface area contributed by atoms with Gasteiger partial charge in [-0.1, -0.05) is 17.4 Å². The molecule has 0 spiro atoms. The maximum absolute atomic E-state index is 11.9. The van der Waals surface area contributed by atoms with Gasteiger partial charge in [-0.05, 0) is 51.8 Å². The number of carbonyl (C=O) groups is 2. The second kappa shape index (κ2) is 7.77. The highest BCUT2D eigenvalue weighted by molar-refractivity contribution is 7.21. The molecule has 4 rings (SSSR count). The van der Waals surface area contributed by atoms with Crippen LogP contribution in [0.3, 0.4) is 0 Å². The number of benzene rings is 1. The molecule has 0 bridgehead atoms. The van der Waals surface area contributed by atoms with Crippen LogP contribution in [0.1, 0.15) is 40.5 Å². The molecule has 9 nitrogen and oxygen atoms in total. The Morgan fingerprint density at radius 2 is 1.90 bits per heavy atom. The van der Waals surface area contributed by atoms with Crippen molar-refractivity contribution < 1.29 is 14.7 Å². The summed E-state index contributed by atoms with van der Waals surface area (Å²) in [5.74, 6) is 0.341. The Morgan fingerprint density at radius 1 is 1.19 bits per heavy atom. The van der Waals surface area contributed by atoms with Crippen LogP contribution in [0, 0.1) is 0 Å². The van der Waals surface area contributed by atoms with Gasteiger partial charge in [0.25, 0.3) is 0 Å². The molecule has 0 radical (unpaired) electrons. The third-order valence-corrected chi connectivity index (χ3v) is 5.66. The van der Waals surface area contributed by atoms with Gasteiger partial charge in [-0.25, -0.2) is 14.8 Å². The van der Waals surface area contributed by atoms with Crippen LogP contribution < -0.4 is 15.1 Å². The fraction of sp³-hybridized carbons (Fsp3) is 0.381. The molecule has 1 saturated carbocycles. The van der Waals surface area contributed by atoms with Crippen molar-refractivity contribution in [1.82, 2.24) is 15.0 Å². The number of hydrogen-bond donors (Lipinski definition) is 2. The number of rotatable bonds is 5. The third-order valence-electron chi connectivity index (χ3n) is 4.78. The Bertz CT molecular complexity index is 1150. The van der Waals surface area contributed by atoms with Crippen molar-refractivity contribution in [3.05, 3.63) is 30.5 Å². The van der Waals surface area contributed by atoms with Crippen molar-refractivity contribution >= 4 is 56.1 Å². The number of carbonyl (C=O) groups excluding carboxylic acids is 1. The van der Waals surface area contributed by atoms with Crippen molar-refractivity contribution in [2.24, 2.45) is 0 Å². The van der Waals surface area contributed by atoms with E-state index in [1.54, 1.807) is 12.3 Å². The highest BCUT2D eigenvalue weighted by Crippen LogP contribution is 2.39. The molecule has 2 amide bonds. The van der Waals surface area contributed by atoms with Gasteiger partial charge in [0.15, 0.2) is 9.96 Å². The van der Waals surface area contributed by atoms with Crippen molar-refractivity contribution in [3.63, 3.8) is 0 Å². The van der Waals surface area contributed by atoms with Gasteiger partial charge < -0.3 is 15.3 Å².